The zero-order valence-corrected chi connectivity index (χ0v) is 22.0. The number of rotatable bonds is 8. The molecule has 1 amide bonds. The van der Waals surface area contributed by atoms with Crippen molar-refractivity contribution in [2.24, 2.45) is 0 Å². The van der Waals surface area contributed by atoms with Crippen LogP contribution in [0.3, 0.4) is 0 Å². The smallest absolute Gasteiger partial charge is 0.255 e. The number of benzene rings is 3. The minimum absolute atomic E-state index is 0.183. The van der Waals surface area contributed by atoms with E-state index >= 15 is 0 Å². The zero-order valence-electron chi connectivity index (χ0n) is 21.1. The number of fused-ring (bicyclic) bond motifs is 1. The second kappa shape index (κ2) is 10.7. The molecule has 4 nitrogen and oxygen atoms in total. The van der Waals surface area contributed by atoms with Gasteiger partial charge >= 0.3 is 0 Å². The molecule has 5 heteroatoms. The Kier molecular flexibility index (Phi) is 7.62. The van der Waals surface area contributed by atoms with Gasteiger partial charge in [-0.25, -0.2) is 0 Å². The molecule has 0 atom stereocenters. The van der Waals surface area contributed by atoms with Crippen LogP contribution in [0.1, 0.15) is 43.4 Å². The van der Waals surface area contributed by atoms with E-state index in [1.807, 2.05) is 43.3 Å². The maximum atomic E-state index is 13.5. The number of aryl methyl sites for hydroxylation is 2. The molecule has 3 aromatic rings. The Labute approximate surface area is 208 Å². The van der Waals surface area contributed by atoms with Crippen LogP contribution < -0.4 is 15.4 Å². The highest BCUT2D eigenvalue weighted by molar-refractivity contribution is 7.71. The summed E-state index contributed by atoms with van der Waals surface area (Å²) in [7, 11) is -2.39. The molecule has 0 radical (unpaired) electrons. The largest absolute Gasteiger partial charge is 0.488 e. The normalized spacial score (nSPS) is 13.0. The molecule has 0 bridgehead atoms. The quantitative estimate of drug-likeness (QED) is 0.342. The standard InChI is InChI=1S/C30H34NO3P/c1-5-15-35(33,16-6-2)27-12-13-28(22(4)17-27)31-30(32)26-19-25-18-24(11-14-29(25)34-20-26)23-9-7-21(3)8-10-23/h7-14,17-19H,5-6,15-16,20H2,1-4H3,(H,31,32). The number of hydrogen-bond acceptors (Lipinski definition) is 3. The molecule has 1 aliphatic heterocycles. The lowest BCUT2D eigenvalue weighted by atomic mass is 9.99. The van der Waals surface area contributed by atoms with Crippen molar-refractivity contribution >= 4 is 30.1 Å². The van der Waals surface area contributed by atoms with Gasteiger partial charge in [0, 0.05) is 28.9 Å². The molecule has 4 rings (SSSR count). The molecule has 182 valence electrons. The number of hydrogen-bond donors (Lipinski definition) is 1. The van der Waals surface area contributed by atoms with E-state index in [1.54, 1.807) is 0 Å². The van der Waals surface area contributed by atoms with E-state index in [0.29, 0.717) is 5.57 Å². The SMILES string of the molecule is CCCP(=O)(CCC)c1ccc(NC(=O)C2=Cc3cc(-c4ccc(C)cc4)ccc3OC2)c(C)c1. The molecule has 1 aliphatic rings. The third-order valence-electron chi connectivity index (χ3n) is 6.50. The molecule has 0 saturated heterocycles. The van der Waals surface area contributed by atoms with Crippen molar-refractivity contribution in [3.63, 3.8) is 0 Å². The fourth-order valence-corrected chi connectivity index (χ4v) is 7.53. The van der Waals surface area contributed by atoms with Gasteiger partial charge in [0.2, 0.25) is 0 Å². The van der Waals surface area contributed by atoms with Gasteiger partial charge in [-0.05, 0) is 79.8 Å². The van der Waals surface area contributed by atoms with E-state index < -0.39 is 7.14 Å². The van der Waals surface area contributed by atoms with Crippen molar-refractivity contribution in [1.82, 2.24) is 0 Å². The van der Waals surface area contributed by atoms with Gasteiger partial charge < -0.3 is 14.6 Å². The third-order valence-corrected chi connectivity index (χ3v) is 10.1. The first-order valence-electron chi connectivity index (χ1n) is 12.4. The Bertz CT molecular complexity index is 1300. The maximum absolute atomic E-state index is 13.5. The molecule has 0 spiro atoms. The number of nitrogens with one attached hydrogen (secondary N) is 1. The fourth-order valence-electron chi connectivity index (χ4n) is 4.57. The van der Waals surface area contributed by atoms with E-state index in [2.05, 4.69) is 56.4 Å². The summed E-state index contributed by atoms with van der Waals surface area (Å²) in [5, 5.41) is 3.94. The number of anilines is 1. The lowest BCUT2D eigenvalue weighted by molar-refractivity contribution is -0.113. The summed E-state index contributed by atoms with van der Waals surface area (Å²) >= 11 is 0. The number of ether oxygens (including phenoxy) is 1. The van der Waals surface area contributed by atoms with Crippen molar-refractivity contribution in [3.05, 3.63) is 82.9 Å². The molecule has 1 heterocycles. The van der Waals surface area contributed by atoms with Gasteiger partial charge in [-0.3, -0.25) is 4.79 Å². The second-order valence-corrected chi connectivity index (χ2v) is 12.6. The van der Waals surface area contributed by atoms with Crippen LogP contribution in [0.25, 0.3) is 17.2 Å². The van der Waals surface area contributed by atoms with Gasteiger partial charge in [-0.1, -0.05) is 49.7 Å². The van der Waals surface area contributed by atoms with E-state index in [9.17, 15) is 9.36 Å². The molecule has 0 aromatic heterocycles. The zero-order chi connectivity index (χ0) is 25.0. The summed E-state index contributed by atoms with van der Waals surface area (Å²) < 4.78 is 19.4. The number of carbonyl (C=O) groups excluding carboxylic acids is 1. The summed E-state index contributed by atoms with van der Waals surface area (Å²) in [6, 6.07) is 20.2. The molecule has 0 aliphatic carbocycles. The predicted octanol–water partition coefficient (Wildman–Crippen LogP) is 7.19. The molecular formula is C30H34NO3P. The monoisotopic (exact) mass is 487 g/mol. The Morgan fingerprint density at radius 2 is 1.60 bits per heavy atom. The van der Waals surface area contributed by atoms with Crippen LogP contribution in [0.2, 0.25) is 0 Å². The van der Waals surface area contributed by atoms with Crippen molar-refractivity contribution in [2.75, 3.05) is 24.2 Å². The first-order chi connectivity index (χ1) is 16.8. The number of carbonyl (C=O) groups is 1. The van der Waals surface area contributed by atoms with Crippen LogP contribution in [0.4, 0.5) is 5.69 Å². The topological polar surface area (TPSA) is 55.4 Å². The van der Waals surface area contributed by atoms with Gasteiger partial charge in [0.05, 0.1) is 5.57 Å². The highest BCUT2D eigenvalue weighted by Gasteiger charge is 2.24. The first-order valence-corrected chi connectivity index (χ1v) is 14.5. The van der Waals surface area contributed by atoms with Gasteiger partial charge in [0.1, 0.15) is 19.5 Å². The summed E-state index contributed by atoms with van der Waals surface area (Å²) in [6.07, 6.45) is 5.15. The number of amides is 1. The highest BCUT2D eigenvalue weighted by atomic mass is 31.2. The Balaban J connectivity index is 1.54. The Morgan fingerprint density at radius 3 is 2.26 bits per heavy atom. The van der Waals surface area contributed by atoms with E-state index in [1.165, 1.54) is 5.56 Å². The summed E-state index contributed by atoms with van der Waals surface area (Å²) in [5.74, 6) is 0.595. The van der Waals surface area contributed by atoms with Crippen molar-refractivity contribution in [1.29, 1.82) is 0 Å². The Hall–Kier alpha value is -3.10. The minimum Gasteiger partial charge on any atom is -0.488 e. The molecule has 1 N–H and O–H groups in total. The molecular weight excluding hydrogens is 453 g/mol. The first kappa shape index (κ1) is 25.0. The second-order valence-electron chi connectivity index (χ2n) is 9.37. The van der Waals surface area contributed by atoms with E-state index in [4.69, 9.17) is 4.74 Å². The van der Waals surface area contributed by atoms with Gasteiger partial charge in [-0.15, -0.1) is 0 Å². The summed E-state index contributed by atoms with van der Waals surface area (Å²) in [4.78, 5) is 13.1. The van der Waals surface area contributed by atoms with Crippen LogP contribution in [0, 0.1) is 13.8 Å². The summed E-state index contributed by atoms with van der Waals surface area (Å²) in [6.45, 7) is 8.40. The van der Waals surface area contributed by atoms with Crippen molar-refractivity contribution < 1.29 is 14.1 Å². The summed E-state index contributed by atoms with van der Waals surface area (Å²) in [5.41, 5.74) is 6.55. The molecule has 0 fully saturated rings. The third kappa shape index (κ3) is 5.60. The highest BCUT2D eigenvalue weighted by Crippen LogP contribution is 2.46. The van der Waals surface area contributed by atoms with Crippen LogP contribution in [-0.4, -0.2) is 24.8 Å². The van der Waals surface area contributed by atoms with E-state index in [-0.39, 0.29) is 12.5 Å². The molecule has 0 unspecified atom stereocenters. The lowest BCUT2D eigenvalue weighted by Crippen LogP contribution is -2.22. The molecule has 35 heavy (non-hydrogen) atoms. The average Bonchev–Trinajstić information content (AvgIpc) is 2.85. The van der Waals surface area contributed by atoms with Crippen molar-refractivity contribution in [3.8, 4) is 16.9 Å². The Morgan fingerprint density at radius 1 is 0.914 bits per heavy atom. The van der Waals surface area contributed by atoms with Crippen molar-refractivity contribution in [2.45, 2.75) is 40.5 Å². The predicted molar refractivity (Wildman–Crippen MR) is 147 cm³/mol. The van der Waals surface area contributed by atoms with Crippen LogP contribution >= 0.6 is 7.14 Å². The van der Waals surface area contributed by atoms with Gasteiger partial charge in [0.25, 0.3) is 5.91 Å². The van der Waals surface area contributed by atoms with Crippen LogP contribution in [-0.2, 0) is 9.36 Å². The lowest BCUT2D eigenvalue weighted by Gasteiger charge is -2.20. The van der Waals surface area contributed by atoms with Crippen LogP contribution in [0.5, 0.6) is 5.75 Å². The average molecular weight is 488 g/mol. The maximum Gasteiger partial charge on any atom is 0.255 e. The molecule has 0 saturated carbocycles. The van der Waals surface area contributed by atoms with E-state index in [0.717, 1.165) is 64.2 Å². The van der Waals surface area contributed by atoms with Gasteiger partial charge in [0.15, 0.2) is 0 Å². The van der Waals surface area contributed by atoms with Crippen LogP contribution in [0.15, 0.2) is 66.2 Å². The fraction of sp³-hybridized carbons (Fsp3) is 0.300. The minimum atomic E-state index is -2.39. The van der Waals surface area contributed by atoms with Gasteiger partial charge in [-0.2, -0.15) is 0 Å². The molecule has 3 aromatic carbocycles.